The zero-order valence-corrected chi connectivity index (χ0v) is 41.4. The SMILES string of the molecule is c1ccc(-c2ccc(N(c3ccc4c(c3)-c3ccccc3C4(c3ccc(-c4ccccc4)cc3)c3ccc(-c4ccccc4)cc3)c3ccc4c(c3)C(c3ccccc3)(c3ccccc3)c3ccccc3-4)cc2)cc1. The monoisotopic (exact) mass is 953 g/mol. The second-order valence-corrected chi connectivity index (χ2v) is 19.9. The van der Waals surface area contributed by atoms with Gasteiger partial charge in [0.25, 0.3) is 0 Å². The average molecular weight is 954 g/mol. The van der Waals surface area contributed by atoms with Crippen molar-refractivity contribution in [3.63, 3.8) is 0 Å². The number of benzene rings is 12. The first-order valence-electron chi connectivity index (χ1n) is 26.1. The molecule has 75 heavy (non-hydrogen) atoms. The summed E-state index contributed by atoms with van der Waals surface area (Å²) in [6.07, 6.45) is 0. The molecule has 2 aliphatic rings. The molecular weight excluding hydrogens is 903 g/mol. The molecule has 12 aromatic rings. The van der Waals surface area contributed by atoms with E-state index in [4.69, 9.17) is 0 Å². The number of anilines is 3. The summed E-state index contributed by atoms with van der Waals surface area (Å²) in [5, 5.41) is 0. The Balaban J connectivity index is 0.992. The smallest absolute Gasteiger partial charge is 0.0714 e. The van der Waals surface area contributed by atoms with E-state index in [1.165, 1.54) is 100 Å². The van der Waals surface area contributed by atoms with Crippen LogP contribution in [-0.2, 0) is 10.8 Å². The van der Waals surface area contributed by atoms with Crippen molar-refractivity contribution in [2.24, 2.45) is 0 Å². The molecule has 14 rings (SSSR count). The summed E-state index contributed by atoms with van der Waals surface area (Å²) < 4.78 is 0. The predicted molar refractivity (Wildman–Crippen MR) is 312 cm³/mol. The van der Waals surface area contributed by atoms with Gasteiger partial charge < -0.3 is 4.90 Å². The summed E-state index contributed by atoms with van der Waals surface area (Å²) in [7, 11) is 0. The third-order valence-corrected chi connectivity index (χ3v) is 16.1. The van der Waals surface area contributed by atoms with Crippen LogP contribution in [0.25, 0.3) is 55.6 Å². The van der Waals surface area contributed by atoms with Gasteiger partial charge in [-0.05, 0) is 137 Å². The van der Waals surface area contributed by atoms with Crippen LogP contribution in [-0.4, -0.2) is 0 Å². The molecule has 0 atom stereocenters. The van der Waals surface area contributed by atoms with Gasteiger partial charge in [0.1, 0.15) is 0 Å². The number of rotatable bonds is 10. The molecule has 0 bridgehead atoms. The zero-order chi connectivity index (χ0) is 49.8. The minimum absolute atomic E-state index is 0.546. The van der Waals surface area contributed by atoms with Crippen molar-refractivity contribution < 1.29 is 0 Å². The van der Waals surface area contributed by atoms with Gasteiger partial charge in [-0.3, -0.25) is 0 Å². The van der Waals surface area contributed by atoms with E-state index in [-0.39, 0.29) is 0 Å². The fourth-order valence-corrected chi connectivity index (χ4v) is 12.7. The summed E-state index contributed by atoms with van der Waals surface area (Å²) in [5.74, 6) is 0. The molecule has 0 aliphatic heterocycles. The third kappa shape index (κ3) is 7.08. The highest BCUT2D eigenvalue weighted by Crippen LogP contribution is 2.60. The molecule has 1 heteroatoms. The molecule has 0 spiro atoms. The predicted octanol–water partition coefficient (Wildman–Crippen LogP) is 18.9. The molecule has 0 saturated heterocycles. The highest BCUT2D eigenvalue weighted by molar-refractivity contribution is 5.93. The van der Waals surface area contributed by atoms with E-state index in [1.807, 2.05) is 0 Å². The molecule has 0 N–H and O–H groups in total. The van der Waals surface area contributed by atoms with E-state index in [9.17, 15) is 0 Å². The molecule has 2 aliphatic carbocycles. The van der Waals surface area contributed by atoms with Crippen LogP contribution in [0.5, 0.6) is 0 Å². The highest BCUT2D eigenvalue weighted by Gasteiger charge is 2.48. The third-order valence-electron chi connectivity index (χ3n) is 16.1. The Labute approximate surface area is 440 Å². The molecular formula is C74H51N. The van der Waals surface area contributed by atoms with Crippen LogP contribution in [0.2, 0.25) is 0 Å². The number of hydrogen-bond donors (Lipinski definition) is 0. The number of nitrogens with zero attached hydrogens (tertiary/aromatic N) is 1. The molecule has 12 aromatic carbocycles. The van der Waals surface area contributed by atoms with Crippen LogP contribution in [0.15, 0.2) is 309 Å². The van der Waals surface area contributed by atoms with Crippen molar-refractivity contribution in [3.05, 3.63) is 354 Å². The van der Waals surface area contributed by atoms with E-state index in [1.54, 1.807) is 0 Å². The lowest BCUT2D eigenvalue weighted by molar-refractivity contribution is 0.768. The Morgan fingerprint density at radius 3 is 0.973 bits per heavy atom. The van der Waals surface area contributed by atoms with Gasteiger partial charge in [0.2, 0.25) is 0 Å². The Hall–Kier alpha value is -9.56. The molecule has 0 radical (unpaired) electrons. The molecule has 0 saturated carbocycles. The maximum Gasteiger partial charge on any atom is 0.0714 e. The van der Waals surface area contributed by atoms with Gasteiger partial charge in [-0.1, -0.05) is 273 Å². The van der Waals surface area contributed by atoms with Crippen molar-refractivity contribution in [2.45, 2.75) is 10.8 Å². The topological polar surface area (TPSA) is 3.24 Å². The largest absolute Gasteiger partial charge is 0.310 e. The van der Waals surface area contributed by atoms with Gasteiger partial charge in [-0.15, -0.1) is 0 Å². The molecule has 1 nitrogen and oxygen atoms in total. The van der Waals surface area contributed by atoms with E-state index >= 15 is 0 Å². The van der Waals surface area contributed by atoms with Crippen molar-refractivity contribution in [1.82, 2.24) is 0 Å². The summed E-state index contributed by atoms with van der Waals surface area (Å²) in [4.78, 5) is 2.48. The zero-order valence-electron chi connectivity index (χ0n) is 41.4. The van der Waals surface area contributed by atoms with Crippen LogP contribution >= 0.6 is 0 Å². The first-order valence-corrected chi connectivity index (χ1v) is 26.1. The van der Waals surface area contributed by atoms with Gasteiger partial charge in [0.05, 0.1) is 10.8 Å². The molecule has 0 unspecified atom stereocenters. The summed E-state index contributed by atoms with van der Waals surface area (Å²) in [6, 6.07) is 115. The lowest BCUT2D eigenvalue weighted by atomic mass is 9.67. The highest BCUT2D eigenvalue weighted by atomic mass is 15.1. The molecule has 0 heterocycles. The second-order valence-electron chi connectivity index (χ2n) is 19.9. The average Bonchev–Trinajstić information content (AvgIpc) is 4.02. The first kappa shape index (κ1) is 44.2. The number of fused-ring (bicyclic) bond motifs is 6. The summed E-state index contributed by atoms with van der Waals surface area (Å²) >= 11 is 0. The molecule has 352 valence electrons. The fraction of sp³-hybridized carbons (Fsp3) is 0.0270. The van der Waals surface area contributed by atoms with Gasteiger partial charge in [-0.25, -0.2) is 0 Å². The van der Waals surface area contributed by atoms with E-state index in [2.05, 4.69) is 314 Å². The van der Waals surface area contributed by atoms with Crippen LogP contribution in [0.3, 0.4) is 0 Å². The molecule has 0 fully saturated rings. The molecule has 0 amide bonds. The van der Waals surface area contributed by atoms with Crippen molar-refractivity contribution in [3.8, 4) is 55.6 Å². The maximum atomic E-state index is 2.48. The van der Waals surface area contributed by atoms with Gasteiger partial charge in [-0.2, -0.15) is 0 Å². The Bertz CT molecular complexity index is 3870. The van der Waals surface area contributed by atoms with E-state index in [0.29, 0.717) is 0 Å². The fourth-order valence-electron chi connectivity index (χ4n) is 12.7. The van der Waals surface area contributed by atoms with Crippen LogP contribution in [0, 0.1) is 0 Å². The maximum absolute atomic E-state index is 2.48. The Morgan fingerprint density at radius 1 is 0.187 bits per heavy atom. The van der Waals surface area contributed by atoms with Crippen LogP contribution in [0.1, 0.15) is 44.5 Å². The van der Waals surface area contributed by atoms with Crippen LogP contribution < -0.4 is 4.90 Å². The van der Waals surface area contributed by atoms with Crippen molar-refractivity contribution in [2.75, 3.05) is 4.90 Å². The van der Waals surface area contributed by atoms with E-state index in [0.717, 1.165) is 17.1 Å². The Kier molecular flexibility index (Phi) is 10.7. The summed E-state index contributed by atoms with van der Waals surface area (Å²) in [6.45, 7) is 0. The molecule has 0 aromatic heterocycles. The lowest BCUT2D eigenvalue weighted by Gasteiger charge is -2.35. The number of hydrogen-bond acceptors (Lipinski definition) is 1. The standard InChI is InChI=1S/C74H51N/c1-6-20-52(21-7-1)55-34-40-60(41-35-55)73(61-42-36-56(37-43-61)53-22-8-2-9-23-53)70-33-19-17-31-66(70)68-50-63(47-49-71(68)73)75(62-44-38-57(39-45-62)54-24-10-3-11-25-54)64-46-48-67-65-30-16-18-32-69(65)74(72(67)51-64,58-26-12-4-13-27-58)59-28-14-5-15-29-59/h1-51H. The normalized spacial score (nSPS) is 13.3. The van der Waals surface area contributed by atoms with Gasteiger partial charge in [0, 0.05) is 17.1 Å². The van der Waals surface area contributed by atoms with Gasteiger partial charge >= 0.3 is 0 Å². The summed E-state index contributed by atoms with van der Waals surface area (Å²) in [5.41, 5.74) is 24.4. The van der Waals surface area contributed by atoms with Gasteiger partial charge in [0.15, 0.2) is 0 Å². The minimum Gasteiger partial charge on any atom is -0.310 e. The minimum atomic E-state index is -0.596. The van der Waals surface area contributed by atoms with Crippen molar-refractivity contribution >= 4 is 17.1 Å². The lowest BCUT2D eigenvalue weighted by Crippen LogP contribution is -2.29. The van der Waals surface area contributed by atoms with Crippen molar-refractivity contribution in [1.29, 1.82) is 0 Å². The first-order chi connectivity index (χ1) is 37.2. The quantitative estimate of drug-likeness (QED) is 0.132. The second kappa shape index (κ2) is 18.2. The van der Waals surface area contributed by atoms with Crippen LogP contribution in [0.4, 0.5) is 17.1 Å². The van der Waals surface area contributed by atoms with E-state index < -0.39 is 10.8 Å². The Morgan fingerprint density at radius 2 is 0.493 bits per heavy atom.